The van der Waals surface area contributed by atoms with Crippen LogP contribution in [0.1, 0.15) is 26.7 Å². The largest absolute Gasteiger partial charge is 0.372 e. The van der Waals surface area contributed by atoms with Gasteiger partial charge in [0.2, 0.25) is 5.91 Å². The number of amides is 1. The maximum Gasteiger partial charge on any atom is 0.249 e. The van der Waals surface area contributed by atoms with Gasteiger partial charge < -0.3 is 15.4 Å². The summed E-state index contributed by atoms with van der Waals surface area (Å²) in [6.45, 7) is 4.79. The minimum absolute atomic E-state index is 0.0196. The summed E-state index contributed by atoms with van der Waals surface area (Å²) in [6.07, 6.45) is 1.82. The Balaban J connectivity index is 2.27. The zero-order chi connectivity index (χ0) is 10.6. The lowest BCUT2D eigenvalue weighted by Gasteiger charge is -2.28. The van der Waals surface area contributed by atoms with Crippen LogP contribution in [0.15, 0.2) is 0 Å². The maximum absolute atomic E-state index is 11.5. The Morgan fingerprint density at radius 3 is 2.79 bits per heavy atom. The van der Waals surface area contributed by atoms with Gasteiger partial charge in [0.15, 0.2) is 0 Å². The Morgan fingerprint density at radius 2 is 2.29 bits per heavy atom. The van der Waals surface area contributed by atoms with Crippen molar-refractivity contribution in [3.8, 4) is 0 Å². The van der Waals surface area contributed by atoms with E-state index in [0.29, 0.717) is 6.04 Å². The van der Waals surface area contributed by atoms with Gasteiger partial charge in [0, 0.05) is 25.7 Å². The molecule has 4 heteroatoms. The number of hydrogen-bond acceptors (Lipinski definition) is 3. The van der Waals surface area contributed by atoms with Crippen LogP contribution in [0.5, 0.6) is 0 Å². The van der Waals surface area contributed by atoms with Gasteiger partial charge in [0.05, 0.1) is 0 Å². The molecule has 4 nitrogen and oxygen atoms in total. The summed E-state index contributed by atoms with van der Waals surface area (Å²) < 4.78 is 4.94. The van der Waals surface area contributed by atoms with Gasteiger partial charge in [-0.2, -0.15) is 0 Å². The van der Waals surface area contributed by atoms with Crippen molar-refractivity contribution in [2.75, 3.05) is 13.7 Å². The van der Waals surface area contributed by atoms with Crippen molar-refractivity contribution in [1.82, 2.24) is 10.6 Å². The van der Waals surface area contributed by atoms with Crippen molar-refractivity contribution in [3.05, 3.63) is 0 Å². The Labute approximate surface area is 85.4 Å². The molecule has 1 rings (SSSR count). The number of nitrogens with one attached hydrogen (secondary N) is 2. The van der Waals surface area contributed by atoms with Crippen LogP contribution in [0.25, 0.3) is 0 Å². The van der Waals surface area contributed by atoms with E-state index < -0.39 is 0 Å². The number of carbonyl (C=O) groups excluding carboxylic acids is 1. The van der Waals surface area contributed by atoms with Gasteiger partial charge in [0.25, 0.3) is 0 Å². The first-order valence-electron chi connectivity index (χ1n) is 5.20. The molecular formula is C10H20N2O2. The minimum Gasteiger partial charge on any atom is -0.372 e. The van der Waals surface area contributed by atoms with Crippen LogP contribution >= 0.6 is 0 Å². The number of carbonyl (C=O) groups is 1. The average Bonchev–Trinajstić information content (AvgIpc) is 2.20. The summed E-state index contributed by atoms with van der Waals surface area (Å²) in [5, 5.41) is 6.30. The fourth-order valence-electron chi connectivity index (χ4n) is 1.55. The third-order valence-corrected chi connectivity index (χ3v) is 2.73. The van der Waals surface area contributed by atoms with Crippen molar-refractivity contribution in [3.63, 3.8) is 0 Å². The third-order valence-electron chi connectivity index (χ3n) is 2.73. The Bertz CT molecular complexity index is 189. The average molecular weight is 200 g/mol. The molecule has 0 radical (unpaired) electrons. The van der Waals surface area contributed by atoms with Gasteiger partial charge in [-0.15, -0.1) is 0 Å². The monoisotopic (exact) mass is 200 g/mol. The number of rotatable bonds is 3. The maximum atomic E-state index is 11.5. The lowest BCUT2D eigenvalue weighted by atomic mass is 10.0. The highest BCUT2D eigenvalue weighted by Gasteiger charge is 2.21. The first kappa shape index (κ1) is 11.5. The van der Waals surface area contributed by atoms with Gasteiger partial charge in [-0.1, -0.05) is 0 Å². The van der Waals surface area contributed by atoms with Gasteiger partial charge in [0.1, 0.15) is 6.10 Å². The van der Waals surface area contributed by atoms with Gasteiger partial charge in [-0.25, -0.2) is 0 Å². The predicted octanol–water partition coefficient (Wildman–Crippen LogP) is 0.278. The molecule has 0 aromatic heterocycles. The molecule has 82 valence electrons. The van der Waals surface area contributed by atoms with Crippen molar-refractivity contribution >= 4 is 5.91 Å². The molecule has 1 aliphatic rings. The van der Waals surface area contributed by atoms with E-state index in [2.05, 4.69) is 17.6 Å². The Morgan fingerprint density at radius 1 is 1.57 bits per heavy atom. The van der Waals surface area contributed by atoms with E-state index in [4.69, 9.17) is 4.74 Å². The van der Waals surface area contributed by atoms with Crippen molar-refractivity contribution < 1.29 is 9.53 Å². The molecule has 1 heterocycles. The number of methoxy groups -OCH3 is 1. The number of piperidine rings is 1. The molecule has 0 aromatic rings. The Kier molecular flexibility index (Phi) is 4.35. The smallest absolute Gasteiger partial charge is 0.249 e. The standard InChI is InChI=1S/C10H20N2O2/c1-7-4-5-9(6-11-7)12-10(13)8(2)14-3/h7-9,11H,4-6H2,1-3H3,(H,12,13). The minimum atomic E-state index is -0.352. The van der Waals surface area contributed by atoms with Gasteiger partial charge >= 0.3 is 0 Å². The third kappa shape index (κ3) is 3.27. The van der Waals surface area contributed by atoms with Crippen LogP contribution < -0.4 is 10.6 Å². The molecule has 0 bridgehead atoms. The highest BCUT2D eigenvalue weighted by molar-refractivity contribution is 5.80. The second-order valence-corrected chi connectivity index (χ2v) is 3.97. The van der Waals surface area contributed by atoms with Crippen molar-refractivity contribution in [1.29, 1.82) is 0 Å². The van der Waals surface area contributed by atoms with E-state index >= 15 is 0 Å². The quantitative estimate of drug-likeness (QED) is 0.688. The molecule has 3 atom stereocenters. The van der Waals surface area contributed by atoms with Crippen LogP contribution in [0, 0.1) is 0 Å². The molecule has 0 aliphatic carbocycles. The normalized spacial score (nSPS) is 29.6. The molecule has 1 saturated heterocycles. The SMILES string of the molecule is COC(C)C(=O)NC1CCC(C)NC1. The summed E-state index contributed by atoms with van der Waals surface area (Å²) >= 11 is 0. The Hall–Kier alpha value is -0.610. The topological polar surface area (TPSA) is 50.4 Å². The fraction of sp³-hybridized carbons (Fsp3) is 0.900. The molecule has 0 saturated carbocycles. The highest BCUT2D eigenvalue weighted by Crippen LogP contribution is 2.07. The van der Waals surface area contributed by atoms with Crippen LogP contribution in [0.3, 0.4) is 0 Å². The number of ether oxygens (including phenoxy) is 1. The summed E-state index contributed by atoms with van der Waals surface area (Å²) in [4.78, 5) is 11.5. The first-order chi connectivity index (χ1) is 6.63. The van der Waals surface area contributed by atoms with E-state index in [-0.39, 0.29) is 18.1 Å². The van der Waals surface area contributed by atoms with Crippen LogP contribution in [-0.2, 0) is 9.53 Å². The summed E-state index contributed by atoms with van der Waals surface area (Å²) in [6, 6.07) is 0.833. The van der Waals surface area contributed by atoms with Crippen LogP contribution in [0.4, 0.5) is 0 Å². The fourth-order valence-corrected chi connectivity index (χ4v) is 1.55. The van der Waals surface area contributed by atoms with E-state index in [1.807, 2.05) is 0 Å². The van der Waals surface area contributed by atoms with Gasteiger partial charge in [-0.3, -0.25) is 4.79 Å². The van der Waals surface area contributed by atoms with Crippen LogP contribution in [-0.4, -0.2) is 37.7 Å². The summed E-state index contributed by atoms with van der Waals surface area (Å²) in [5.41, 5.74) is 0. The second-order valence-electron chi connectivity index (χ2n) is 3.97. The highest BCUT2D eigenvalue weighted by atomic mass is 16.5. The molecule has 1 aliphatic heterocycles. The molecule has 14 heavy (non-hydrogen) atoms. The van der Waals surface area contributed by atoms with E-state index in [9.17, 15) is 4.79 Å². The van der Waals surface area contributed by atoms with E-state index in [1.165, 1.54) is 0 Å². The zero-order valence-corrected chi connectivity index (χ0v) is 9.17. The van der Waals surface area contributed by atoms with Crippen molar-refractivity contribution in [2.24, 2.45) is 0 Å². The van der Waals surface area contributed by atoms with Crippen LogP contribution in [0.2, 0.25) is 0 Å². The first-order valence-corrected chi connectivity index (χ1v) is 5.20. The second kappa shape index (κ2) is 5.32. The molecule has 1 amide bonds. The van der Waals surface area contributed by atoms with Gasteiger partial charge in [-0.05, 0) is 26.7 Å². The summed E-state index contributed by atoms with van der Waals surface area (Å²) in [7, 11) is 1.55. The molecule has 0 spiro atoms. The van der Waals surface area contributed by atoms with E-state index in [0.717, 1.165) is 19.4 Å². The lowest BCUT2D eigenvalue weighted by molar-refractivity contribution is -0.130. The molecule has 3 unspecified atom stereocenters. The molecular weight excluding hydrogens is 180 g/mol. The molecule has 0 aromatic carbocycles. The van der Waals surface area contributed by atoms with Crippen molar-refractivity contribution in [2.45, 2.75) is 44.9 Å². The number of hydrogen-bond donors (Lipinski definition) is 2. The molecule has 2 N–H and O–H groups in total. The van der Waals surface area contributed by atoms with E-state index in [1.54, 1.807) is 14.0 Å². The molecule has 1 fully saturated rings. The lowest BCUT2D eigenvalue weighted by Crippen LogP contribution is -2.50. The summed E-state index contributed by atoms with van der Waals surface area (Å²) in [5.74, 6) is -0.0196. The zero-order valence-electron chi connectivity index (χ0n) is 9.17. The predicted molar refractivity (Wildman–Crippen MR) is 55.1 cm³/mol.